The SMILES string of the molecule is F.F.F.F.F.F.N.N.[Ge]. The summed E-state index contributed by atoms with van der Waals surface area (Å²) in [7, 11) is 0. The van der Waals surface area contributed by atoms with Gasteiger partial charge < -0.3 is 12.3 Å². The third-order valence-corrected chi connectivity index (χ3v) is 0. The normalized spacial score (nSPS) is 0. The van der Waals surface area contributed by atoms with Crippen LogP contribution in [0.3, 0.4) is 0 Å². The molecule has 2 nitrogen and oxygen atoms in total. The van der Waals surface area contributed by atoms with Crippen LogP contribution in [0, 0.1) is 0 Å². The summed E-state index contributed by atoms with van der Waals surface area (Å²) in [6, 6.07) is 0. The van der Waals surface area contributed by atoms with Crippen LogP contribution in [-0.2, 0) is 0 Å². The first-order valence-electron chi connectivity index (χ1n) is 0. The first kappa shape index (κ1) is 318000. The average molecular weight is 227 g/mol. The van der Waals surface area contributed by atoms with Gasteiger partial charge >= 0.3 is 0 Å². The van der Waals surface area contributed by atoms with E-state index in [4.69, 9.17) is 0 Å². The fraction of sp³-hybridized carbons (Fsp3) is 0. The summed E-state index contributed by atoms with van der Waals surface area (Å²) in [5.74, 6) is 0. The van der Waals surface area contributed by atoms with Crippen LogP contribution in [0.15, 0.2) is 0 Å². The molecule has 4 radical (unpaired) electrons. The molecule has 0 fully saturated rings. The van der Waals surface area contributed by atoms with Crippen LogP contribution in [0.25, 0.3) is 0 Å². The van der Waals surface area contributed by atoms with Crippen molar-refractivity contribution in [2.75, 3.05) is 0 Å². The number of halogens is 6. The van der Waals surface area contributed by atoms with E-state index in [-0.39, 0.29) is 58.1 Å². The minimum absolute atomic E-state index is 0. The molecule has 0 aliphatic rings. The van der Waals surface area contributed by atoms with Crippen molar-refractivity contribution in [2.45, 2.75) is 0 Å². The molecular formula is H12F6GeN2. The maximum Gasteiger partial charge on any atom is 0 e. The van der Waals surface area contributed by atoms with Gasteiger partial charge in [-0.3, -0.25) is 28.2 Å². The molecule has 0 saturated heterocycles. The van der Waals surface area contributed by atoms with Crippen LogP contribution in [0.4, 0.5) is 28.2 Å². The van der Waals surface area contributed by atoms with Crippen LogP contribution in [-0.4, -0.2) is 17.6 Å². The largest absolute Gasteiger partial charge is 0.344 e. The minimum atomic E-state index is 0. The van der Waals surface area contributed by atoms with Crippen molar-refractivity contribution in [3.8, 4) is 0 Å². The molecule has 9 heteroatoms. The Balaban J connectivity index is 0. The first-order chi connectivity index (χ1) is 0. The quantitative estimate of drug-likeness (QED) is 0.475. The Morgan fingerprint density at radius 2 is 0.333 bits per heavy atom. The second-order valence-electron chi connectivity index (χ2n) is 0. The molecule has 0 amide bonds. The van der Waals surface area contributed by atoms with Gasteiger partial charge in [0.2, 0.25) is 0 Å². The van der Waals surface area contributed by atoms with E-state index >= 15 is 0 Å². The maximum absolute atomic E-state index is 0. The van der Waals surface area contributed by atoms with E-state index in [9.17, 15) is 0 Å². The van der Waals surface area contributed by atoms with Crippen LogP contribution >= 0.6 is 0 Å². The van der Waals surface area contributed by atoms with Gasteiger partial charge in [0, 0.05) is 17.6 Å². The zero-order valence-corrected chi connectivity index (χ0v) is 6.46. The predicted octanol–water partition coefficient (Wildman–Crippen LogP) is 0.858. The smallest absolute Gasteiger partial charge is 0 e. The van der Waals surface area contributed by atoms with Crippen molar-refractivity contribution >= 4 is 17.6 Å². The van der Waals surface area contributed by atoms with Gasteiger partial charge in [0.25, 0.3) is 0 Å². The summed E-state index contributed by atoms with van der Waals surface area (Å²) in [5, 5.41) is 0. The molecule has 0 spiro atoms. The Hall–Kier alpha value is 0.0429. The zero-order valence-electron chi connectivity index (χ0n) is 4.36. The van der Waals surface area contributed by atoms with Crippen LogP contribution < -0.4 is 12.3 Å². The molecule has 9 heavy (non-hydrogen) atoms. The molecule has 0 saturated carbocycles. The van der Waals surface area contributed by atoms with Crippen molar-refractivity contribution in [2.24, 2.45) is 0 Å². The van der Waals surface area contributed by atoms with Crippen molar-refractivity contribution in [1.82, 2.24) is 12.3 Å². The molecule has 6 N–H and O–H groups in total. The van der Waals surface area contributed by atoms with E-state index in [1.165, 1.54) is 0 Å². The van der Waals surface area contributed by atoms with Gasteiger partial charge in [-0.25, -0.2) is 0 Å². The third kappa shape index (κ3) is 160000. The third-order valence-electron chi connectivity index (χ3n) is 0. The fourth-order valence-electron chi connectivity index (χ4n) is 0. The van der Waals surface area contributed by atoms with Gasteiger partial charge in [-0.05, 0) is 0 Å². The Morgan fingerprint density at radius 3 is 0.333 bits per heavy atom. The number of rotatable bonds is 0. The molecule has 0 aromatic rings. The van der Waals surface area contributed by atoms with E-state index in [1.54, 1.807) is 0 Å². The summed E-state index contributed by atoms with van der Waals surface area (Å²) in [5.41, 5.74) is 0. The average Bonchev–Trinajstić information content (AvgIpc) is 0. The first-order valence-corrected chi connectivity index (χ1v) is 0. The summed E-state index contributed by atoms with van der Waals surface area (Å²) in [6.45, 7) is 0. The van der Waals surface area contributed by atoms with Crippen molar-refractivity contribution in [3.63, 3.8) is 0 Å². The van der Waals surface area contributed by atoms with E-state index in [0.717, 1.165) is 0 Å². The molecule has 0 bridgehead atoms. The summed E-state index contributed by atoms with van der Waals surface area (Å²) in [4.78, 5) is 0. The van der Waals surface area contributed by atoms with E-state index < -0.39 is 0 Å². The summed E-state index contributed by atoms with van der Waals surface area (Å²) < 4.78 is 0. The standard InChI is InChI=1S/6FH.Ge.2H3N/h6*1H;;2*1H3. The molecule has 0 aliphatic carbocycles. The Labute approximate surface area is 59.1 Å². The molecule has 68 valence electrons. The number of hydrogen-bond acceptors (Lipinski definition) is 2. The van der Waals surface area contributed by atoms with E-state index in [0.29, 0.717) is 0 Å². The molecule has 0 unspecified atom stereocenters. The topological polar surface area (TPSA) is 70.0 Å². The van der Waals surface area contributed by atoms with Crippen LogP contribution in [0.2, 0.25) is 0 Å². The van der Waals surface area contributed by atoms with Crippen molar-refractivity contribution in [1.29, 1.82) is 0 Å². The van der Waals surface area contributed by atoms with Gasteiger partial charge in [-0.1, -0.05) is 0 Å². The van der Waals surface area contributed by atoms with Crippen LogP contribution in [0.5, 0.6) is 0 Å². The molecule has 0 aromatic heterocycles. The molecule has 0 atom stereocenters. The molecule has 0 rings (SSSR count). The summed E-state index contributed by atoms with van der Waals surface area (Å²) >= 11 is 0. The monoisotopic (exact) mass is 228 g/mol. The zero-order chi connectivity index (χ0) is 0. The Kier molecular flexibility index (Phi) is 7690000000. The van der Waals surface area contributed by atoms with Gasteiger partial charge in [-0.2, -0.15) is 0 Å². The second kappa shape index (κ2) is 217000. The maximum atomic E-state index is 0. The van der Waals surface area contributed by atoms with Gasteiger partial charge in [0.1, 0.15) is 0 Å². The van der Waals surface area contributed by atoms with E-state index in [2.05, 4.69) is 0 Å². The van der Waals surface area contributed by atoms with Gasteiger partial charge in [0.15, 0.2) is 0 Å². The predicted molar refractivity (Wildman–Crippen MR) is 30.8 cm³/mol. The van der Waals surface area contributed by atoms with E-state index in [1.807, 2.05) is 0 Å². The number of hydrogen-bond donors (Lipinski definition) is 2. The molecule has 0 aromatic carbocycles. The second-order valence-corrected chi connectivity index (χ2v) is 0. The summed E-state index contributed by atoms with van der Waals surface area (Å²) in [6.07, 6.45) is 0. The fourth-order valence-corrected chi connectivity index (χ4v) is 0. The Bertz CT molecular complexity index is 11.0. The molecule has 0 heterocycles. The Morgan fingerprint density at radius 1 is 0.333 bits per heavy atom. The van der Waals surface area contributed by atoms with Crippen molar-refractivity contribution in [3.05, 3.63) is 0 Å². The van der Waals surface area contributed by atoms with Gasteiger partial charge in [0.05, 0.1) is 0 Å². The van der Waals surface area contributed by atoms with Gasteiger partial charge in [-0.15, -0.1) is 0 Å². The molecular weight excluding hydrogens is 215 g/mol. The van der Waals surface area contributed by atoms with Crippen LogP contribution in [0.1, 0.15) is 0 Å². The molecule has 0 aliphatic heterocycles. The van der Waals surface area contributed by atoms with Crippen molar-refractivity contribution < 1.29 is 28.2 Å². The minimum Gasteiger partial charge on any atom is -0.344 e.